The van der Waals surface area contributed by atoms with Crippen molar-refractivity contribution in [1.29, 1.82) is 5.41 Å². The molecular weight excluding hydrogens is 325 g/mol. The van der Waals surface area contributed by atoms with Gasteiger partial charge in [0.05, 0.1) is 0 Å². The molecule has 1 aliphatic heterocycles. The van der Waals surface area contributed by atoms with E-state index >= 15 is 0 Å². The number of anilines is 1. The van der Waals surface area contributed by atoms with Crippen LogP contribution in [0.4, 0.5) is 5.13 Å². The fourth-order valence-corrected chi connectivity index (χ4v) is 2.21. The molecule has 0 unspecified atom stereocenters. The average Bonchev–Trinajstić information content (AvgIpc) is 2.71. The van der Waals surface area contributed by atoms with Crippen LogP contribution in [0.15, 0.2) is 11.6 Å². The van der Waals surface area contributed by atoms with Crippen molar-refractivity contribution in [3.05, 3.63) is 11.6 Å². The lowest BCUT2D eigenvalue weighted by atomic mass is 10.3. The van der Waals surface area contributed by atoms with Crippen molar-refractivity contribution in [3.8, 4) is 0 Å². The predicted octanol–water partition coefficient (Wildman–Crippen LogP) is 0.777. The van der Waals surface area contributed by atoms with Crippen molar-refractivity contribution in [2.24, 2.45) is 5.73 Å². The van der Waals surface area contributed by atoms with E-state index in [-0.39, 0.29) is 29.9 Å². The Balaban J connectivity index is 0.00000112. The fraction of sp³-hybridized carbons (Fsp3) is 0.500. The molecular formula is C8H14IN5S. The van der Waals surface area contributed by atoms with Crippen LogP contribution in [0.2, 0.25) is 0 Å². The van der Waals surface area contributed by atoms with Gasteiger partial charge in [0.15, 0.2) is 11.1 Å². The molecule has 0 amide bonds. The third kappa shape index (κ3) is 2.94. The van der Waals surface area contributed by atoms with Crippen LogP contribution < -0.4 is 10.6 Å². The first-order chi connectivity index (χ1) is 6.77. The zero-order valence-electron chi connectivity index (χ0n) is 8.22. The SMILES string of the molecule is I.N=C(N)N1CCN(c2nccs2)CC1. The zero-order valence-corrected chi connectivity index (χ0v) is 11.4. The lowest BCUT2D eigenvalue weighted by Crippen LogP contribution is -2.50. The number of nitrogens with one attached hydrogen (secondary N) is 1. The Kier molecular flexibility index (Phi) is 4.58. The maximum absolute atomic E-state index is 7.30. The summed E-state index contributed by atoms with van der Waals surface area (Å²) >= 11 is 1.65. The normalized spacial score (nSPS) is 16.0. The average molecular weight is 339 g/mol. The highest BCUT2D eigenvalue weighted by atomic mass is 127. The van der Waals surface area contributed by atoms with Crippen molar-refractivity contribution in [3.63, 3.8) is 0 Å². The summed E-state index contributed by atoms with van der Waals surface area (Å²) in [5, 5.41) is 10.3. The van der Waals surface area contributed by atoms with E-state index in [2.05, 4.69) is 9.88 Å². The maximum atomic E-state index is 7.30. The Hall–Kier alpha value is -0.570. The van der Waals surface area contributed by atoms with E-state index in [0.29, 0.717) is 0 Å². The quantitative estimate of drug-likeness (QED) is 0.451. The molecule has 7 heteroatoms. The van der Waals surface area contributed by atoms with Gasteiger partial charge in [-0.1, -0.05) is 0 Å². The van der Waals surface area contributed by atoms with Crippen LogP contribution in [0, 0.1) is 5.41 Å². The van der Waals surface area contributed by atoms with Crippen LogP contribution >= 0.6 is 35.3 Å². The van der Waals surface area contributed by atoms with Gasteiger partial charge in [-0.15, -0.1) is 35.3 Å². The van der Waals surface area contributed by atoms with Gasteiger partial charge in [0.1, 0.15) is 0 Å². The number of hydrogen-bond donors (Lipinski definition) is 2. The highest BCUT2D eigenvalue weighted by Crippen LogP contribution is 2.18. The summed E-state index contributed by atoms with van der Waals surface area (Å²) < 4.78 is 0. The Bertz CT molecular complexity index is 307. The van der Waals surface area contributed by atoms with Gasteiger partial charge in [0, 0.05) is 37.8 Å². The molecule has 1 saturated heterocycles. The number of nitrogens with two attached hydrogens (primary N) is 1. The molecule has 1 aromatic rings. The molecule has 0 atom stereocenters. The van der Waals surface area contributed by atoms with Gasteiger partial charge in [0.25, 0.3) is 0 Å². The molecule has 0 aliphatic carbocycles. The smallest absolute Gasteiger partial charge is 0.188 e. The molecule has 1 aromatic heterocycles. The first-order valence-electron chi connectivity index (χ1n) is 4.51. The van der Waals surface area contributed by atoms with E-state index < -0.39 is 0 Å². The Morgan fingerprint density at radius 3 is 2.53 bits per heavy atom. The summed E-state index contributed by atoms with van der Waals surface area (Å²) in [4.78, 5) is 8.36. The van der Waals surface area contributed by atoms with Crippen molar-refractivity contribution < 1.29 is 0 Å². The second kappa shape index (κ2) is 5.50. The number of piperazine rings is 1. The molecule has 2 heterocycles. The van der Waals surface area contributed by atoms with Crippen LogP contribution in [-0.2, 0) is 0 Å². The number of aromatic nitrogens is 1. The summed E-state index contributed by atoms with van der Waals surface area (Å²) in [5.41, 5.74) is 5.41. The van der Waals surface area contributed by atoms with Crippen molar-refractivity contribution in [2.75, 3.05) is 31.1 Å². The molecule has 1 fully saturated rings. The molecule has 0 radical (unpaired) electrons. The number of guanidine groups is 1. The summed E-state index contributed by atoms with van der Waals surface area (Å²) in [6.45, 7) is 3.42. The first-order valence-corrected chi connectivity index (χ1v) is 5.39. The molecule has 1 aliphatic rings. The van der Waals surface area contributed by atoms with Crippen LogP contribution in [0.1, 0.15) is 0 Å². The van der Waals surface area contributed by atoms with Gasteiger partial charge >= 0.3 is 0 Å². The van der Waals surface area contributed by atoms with Gasteiger partial charge in [-0.25, -0.2) is 4.98 Å². The molecule has 3 N–H and O–H groups in total. The zero-order chi connectivity index (χ0) is 9.97. The van der Waals surface area contributed by atoms with E-state index in [1.165, 1.54) is 0 Å². The topological polar surface area (TPSA) is 69.2 Å². The molecule has 15 heavy (non-hydrogen) atoms. The summed E-state index contributed by atoms with van der Waals surface area (Å²) in [6, 6.07) is 0. The number of halogens is 1. The minimum absolute atomic E-state index is 0. The number of nitrogens with zero attached hydrogens (tertiary/aromatic N) is 3. The minimum atomic E-state index is 0. The monoisotopic (exact) mass is 339 g/mol. The molecule has 0 aromatic carbocycles. The van der Waals surface area contributed by atoms with E-state index in [0.717, 1.165) is 31.3 Å². The Morgan fingerprint density at radius 1 is 1.40 bits per heavy atom. The van der Waals surface area contributed by atoms with Gasteiger partial charge < -0.3 is 15.5 Å². The minimum Gasteiger partial charge on any atom is -0.370 e. The van der Waals surface area contributed by atoms with E-state index in [9.17, 15) is 0 Å². The van der Waals surface area contributed by atoms with Gasteiger partial charge in [0.2, 0.25) is 0 Å². The lowest BCUT2D eigenvalue weighted by Gasteiger charge is -2.34. The third-order valence-electron chi connectivity index (χ3n) is 2.31. The second-order valence-corrected chi connectivity index (χ2v) is 4.05. The predicted molar refractivity (Wildman–Crippen MR) is 73.2 cm³/mol. The Labute approximate surface area is 110 Å². The lowest BCUT2D eigenvalue weighted by molar-refractivity contribution is 0.380. The summed E-state index contributed by atoms with van der Waals surface area (Å²) in [7, 11) is 0. The van der Waals surface area contributed by atoms with Crippen molar-refractivity contribution in [1.82, 2.24) is 9.88 Å². The van der Waals surface area contributed by atoms with Crippen molar-refractivity contribution in [2.45, 2.75) is 0 Å². The Morgan fingerprint density at radius 2 is 2.07 bits per heavy atom. The van der Waals surface area contributed by atoms with Gasteiger partial charge in [-0.3, -0.25) is 5.41 Å². The molecule has 84 valence electrons. The largest absolute Gasteiger partial charge is 0.370 e. The molecule has 0 saturated carbocycles. The highest BCUT2D eigenvalue weighted by molar-refractivity contribution is 14.0. The van der Waals surface area contributed by atoms with Gasteiger partial charge in [-0.05, 0) is 0 Å². The standard InChI is InChI=1S/C8H13N5S.HI/c9-7(10)12-2-4-13(5-3-12)8-11-1-6-14-8;/h1,6H,2-5H2,(H3,9,10);1H. The highest BCUT2D eigenvalue weighted by Gasteiger charge is 2.18. The van der Waals surface area contributed by atoms with E-state index in [1.807, 2.05) is 16.5 Å². The number of hydrogen-bond acceptors (Lipinski definition) is 4. The molecule has 0 bridgehead atoms. The number of rotatable bonds is 1. The maximum Gasteiger partial charge on any atom is 0.188 e. The molecule has 0 spiro atoms. The van der Waals surface area contributed by atoms with E-state index in [1.54, 1.807) is 11.3 Å². The number of thiazole rings is 1. The summed E-state index contributed by atoms with van der Waals surface area (Å²) in [6.07, 6.45) is 1.82. The van der Waals surface area contributed by atoms with Crippen LogP contribution in [0.5, 0.6) is 0 Å². The second-order valence-electron chi connectivity index (χ2n) is 3.17. The van der Waals surface area contributed by atoms with E-state index in [4.69, 9.17) is 11.1 Å². The molecule has 2 rings (SSSR count). The van der Waals surface area contributed by atoms with Crippen LogP contribution in [-0.4, -0.2) is 42.0 Å². The van der Waals surface area contributed by atoms with Gasteiger partial charge in [-0.2, -0.15) is 0 Å². The summed E-state index contributed by atoms with van der Waals surface area (Å²) in [5.74, 6) is 0.170. The first kappa shape index (κ1) is 12.5. The molecule has 5 nitrogen and oxygen atoms in total. The third-order valence-corrected chi connectivity index (χ3v) is 3.14. The van der Waals surface area contributed by atoms with Crippen LogP contribution in [0.25, 0.3) is 0 Å². The van der Waals surface area contributed by atoms with Crippen LogP contribution in [0.3, 0.4) is 0 Å². The van der Waals surface area contributed by atoms with Crippen molar-refractivity contribution >= 4 is 46.4 Å². The fourth-order valence-electron chi connectivity index (χ4n) is 1.51.